The number of benzene rings is 1. The molecule has 1 saturated heterocycles. The van der Waals surface area contributed by atoms with Crippen molar-refractivity contribution in [2.24, 2.45) is 0 Å². The SMILES string of the molecule is COc1c(F)cc(NC(=O)CC2CCCN2)cc1F.Cl. The highest BCUT2D eigenvalue weighted by atomic mass is 35.5. The molecule has 4 nitrogen and oxygen atoms in total. The smallest absolute Gasteiger partial charge is 0.225 e. The van der Waals surface area contributed by atoms with Crippen LogP contribution in [0.2, 0.25) is 0 Å². The molecule has 1 unspecified atom stereocenters. The van der Waals surface area contributed by atoms with Crippen molar-refractivity contribution in [3.63, 3.8) is 0 Å². The molecule has 1 aromatic carbocycles. The lowest BCUT2D eigenvalue weighted by atomic mass is 10.1. The predicted octanol–water partition coefficient (Wildman–Crippen LogP) is 2.48. The molecule has 1 heterocycles. The molecule has 1 atom stereocenters. The second-order valence-electron chi connectivity index (χ2n) is 4.52. The van der Waals surface area contributed by atoms with Crippen molar-refractivity contribution in [3.05, 3.63) is 23.8 Å². The molecule has 0 aromatic heterocycles. The van der Waals surface area contributed by atoms with Gasteiger partial charge in [0.2, 0.25) is 5.91 Å². The van der Waals surface area contributed by atoms with E-state index in [0.29, 0.717) is 6.42 Å². The van der Waals surface area contributed by atoms with Gasteiger partial charge in [-0.2, -0.15) is 0 Å². The maximum atomic E-state index is 13.4. The lowest BCUT2D eigenvalue weighted by Gasteiger charge is -2.11. The van der Waals surface area contributed by atoms with Crippen LogP contribution in [-0.4, -0.2) is 25.6 Å². The van der Waals surface area contributed by atoms with E-state index in [1.807, 2.05) is 0 Å². The van der Waals surface area contributed by atoms with Crippen molar-refractivity contribution in [2.45, 2.75) is 25.3 Å². The molecular formula is C13H17ClF2N2O2. The van der Waals surface area contributed by atoms with Crippen molar-refractivity contribution in [1.29, 1.82) is 0 Å². The summed E-state index contributed by atoms with van der Waals surface area (Å²) in [6, 6.07) is 2.23. The van der Waals surface area contributed by atoms with Crippen molar-refractivity contribution >= 4 is 24.0 Å². The maximum Gasteiger partial charge on any atom is 0.225 e. The Morgan fingerprint density at radius 2 is 2.10 bits per heavy atom. The third kappa shape index (κ3) is 4.05. The van der Waals surface area contributed by atoms with Crippen LogP contribution in [-0.2, 0) is 4.79 Å². The summed E-state index contributed by atoms with van der Waals surface area (Å²) in [4.78, 5) is 11.7. The van der Waals surface area contributed by atoms with E-state index in [9.17, 15) is 13.6 Å². The van der Waals surface area contributed by atoms with E-state index >= 15 is 0 Å². The van der Waals surface area contributed by atoms with Gasteiger partial charge >= 0.3 is 0 Å². The Kier molecular flexibility index (Phi) is 6.16. The van der Waals surface area contributed by atoms with Gasteiger partial charge < -0.3 is 15.4 Å². The molecule has 1 aliphatic heterocycles. The molecule has 1 amide bonds. The first-order valence-electron chi connectivity index (χ1n) is 6.16. The van der Waals surface area contributed by atoms with Gasteiger partial charge in [-0.3, -0.25) is 4.79 Å². The van der Waals surface area contributed by atoms with Crippen LogP contribution in [0.4, 0.5) is 14.5 Å². The summed E-state index contributed by atoms with van der Waals surface area (Å²) in [7, 11) is 1.19. The third-order valence-electron chi connectivity index (χ3n) is 3.08. The summed E-state index contributed by atoms with van der Waals surface area (Å²) in [6.07, 6.45) is 2.29. The Hall–Kier alpha value is -1.40. The number of rotatable bonds is 4. The number of nitrogens with one attached hydrogen (secondary N) is 2. The quantitative estimate of drug-likeness (QED) is 0.898. The lowest BCUT2D eigenvalue weighted by Crippen LogP contribution is -2.27. The Bertz CT molecular complexity index is 456. The number of carbonyl (C=O) groups excluding carboxylic acids is 1. The molecule has 1 aromatic rings. The van der Waals surface area contributed by atoms with E-state index < -0.39 is 17.4 Å². The molecule has 20 heavy (non-hydrogen) atoms. The fraction of sp³-hybridized carbons (Fsp3) is 0.462. The Labute approximate surface area is 122 Å². The summed E-state index contributed by atoms with van der Waals surface area (Å²) < 4.78 is 31.4. The molecule has 2 N–H and O–H groups in total. The van der Waals surface area contributed by atoms with Gasteiger partial charge in [0, 0.05) is 30.3 Å². The number of methoxy groups -OCH3 is 1. The second-order valence-corrected chi connectivity index (χ2v) is 4.52. The number of halogens is 3. The van der Waals surface area contributed by atoms with Crippen molar-refractivity contribution in [1.82, 2.24) is 5.32 Å². The van der Waals surface area contributed by atoms with Crippen molar-refractivity contribution in [2.75, 3.05) is 19.0 Å². The third-order valence-corrected chi connectivity index (χ3v) is 3.08. The fourth-order valence-electron chi connectivity index (χ4n) is 2.19. The minimum absolute atomic E-state index is 0. The van der Waals surface area contributed by atoms with Crippen LogP contribution in [0.15, 0.2) is 12.1 Å². The molecule has 1 fully saturated rings. The number of anilines is 1. The topological polar surface area (TPSA) is 50.4 Å². The van der Waals surface area contributed by atoms with Gasteiger partial charge in [-0.25, -0.2) is 8.78 Å². The van der Waals surface area contributed by atoms with Gasteiger partial charge in [0.1, 0.15) is 0 Å². The van der Waals surface area contributed by atoms with Gasteiger partial charge in [-0.05, 0) is 19.4 Å². The number of hydrogen-bond donors (Lipinski definition) is 2. The van der Waals surface area contributed by atoms with Crippen LogP contribution in [0.5, 0.6) is 5.75 Å². The number of amides is 1. The molecular weight excluding hydrogens is 290 g/mol. The molecule has 7 heteroatoms. The monoisotopic (exact) mass is 306 g/mol. The maximum absolute atomic E-state index is 13.4. The molecule has 1 aliphatic rings. The van der Waals surface area contributed by atoms with E-state index in [0.717, 1.165) is 31.5 Å². The molecule has 0 saturated carbocycles. The molecule has 0 spiro atoms. The number of hydrogen-bond acceptors (Lipinski definition) is 3. The molecule has 2 rings (SSSR count). The molecule has 0 aliphatic carbocycles. The van der Waals surface area contributed by atoms with Crippen LogP contribution < -0.4 is 15.4 Å². The molecule has 0 radical (unpaired) electrons. The fourth-order valence-corrected chi connectivity index (χ4v) is 2.19. The van der Waals surface area contributed by atoms with Crippen LogP contribution >= 0.6 is 12.4 Å². The van der Waals surface area contributed by atoms with Crippen LogP contribution in [0.3, 0.4) is 0 Å². The highest BCUT2D eigenvalue weighted by Gasteiger charge is 2.18. The standard InChI is InChI=1S/C13H16F2N2O2.ClH/c1-19-13-10(14)5-9(6-11(13)15)17-12(18)7-8-3-2-4-16-8;/h5-6,8,16H,2-4,7H2,1H3,(H,17,18);1H. The normalized spacial score (nSPS) is 17.4. The Balaban J connectivity index is 0.00000200. The Morgan fingerprint density at radius 1 is 1.45 bits per heavy atom. The first-order valence-corrected chi connectivity index (χ1v) is 6.16. The highest BCUT2D eigenvalue weighted by molar-refractivity contribution is 5.91. The minimum Gasteiger partial charge on any atom is -0.491 e. The van der Waals surface area contributed by atoms with Gasteiger partial charge in [0.25, 0.3) is 0 Å². The van der Waals surface area contributed by atoms with Crippen LogP contribution in [0, 0.1) is 11.6 Å². The lowest BCUT2D eigenvalue weighted by molar-refractivity contribution is -0.116. The average Bonchev–Trinajstić information content (AvgIpc) is 2.81. The summed E-state index contributed by atoms with van der Waals surface area (Å²) >= 11 is 0. The number of ether oxygens (including phenoxy) is 1. The zero-order valence-electron chi connectivity index (χ0n) is 11.0. The van der Waals surface area contributed by atoms with Gasteiger partial charge in [-0.1, -0.05) is 0 Å². The van der Waals surface area contributed by atoms with Crippen molar-refractivity contribution < 1.29 is 18.3 Å². The minimum atomic E-state index is -0.836. The predicted molar refractivity (Wildman–Crippen MR) is 74.4 cm³/mol. The van der Waals surface area contributed by atoms with Crippen molar-refractivity contribution in [3.8, 4) is 5.75 Å². The molecule has 112 valence electrons. The van der Waals surface area contributed by atoms with Crippen LogP contribution in [0.25, 0.3) is 0 Å². The zero-order chi connectivity index (χ0) is 13.8. The average molecular weight is 307 g/mol. The largest absolute Gasteiger partial charge is 0.491 e. The zero-order valence-corrected chi connectivity index (χ0v) is 11.9. The van der Waals surface area contributed by atoms with E-state index in [2.05, 4.69) is 15.4 Å². The Morgan fingerprint density at radius 3 is 2.60 bits per heavy atom. The highest BCUT2D eigenvalue weighted by Crippen LogP contribution is 2.25. The van der Waals surface area contributed by atoms with E-state index in [4.69, 9.17) is 0 Å². The van der Waals surface area contributed by atoms with Gasteiger partial charge in [0.15, 0.2) is 17.4 Å². The first-order chi connectivity index (χ1) is 9.10. The van der Waals surface area contributed by atoms with Crippen LogP contribution in [0.1, 0.15) is 19.3 Å². The number of carbonyl (C=O) groups is 1. The van der Waals surface area contributed by atoms with E-state index in [1.165, 1.54) is 7.11 Å². The van der Waals surface area contributed by atoms with E-state index in [1.54, 1.807) is 0 Å². The van der Waals surface area contributed by atoms with Gasteiger partial charge in [0.05, 0.1) is 7.11 Å². The first kappa shape index (κ1) is 16.7. The second kappa shape index (κ2) is 7.40. The van der Waals surface area contributed by atoms with E-state index in [-0.39, 0.29) is 30.0 Å². The summed E-state index contributed by atoms with van der Waals surface area (Å²) in [5.41, 5.74) is 0.0961. The van der Waals surface area contributed by atoms with Gasteiger partial charge in [-0.15, -0.1) is 12.4 Å². The summed E-state index contributed by atoms with van der Waals surface area (Å²) in [5.74, 6) is -2.38. The summed E-state index contributed by atoms with van der Waals surface area (Å²) in [5, 5.41) is 5.67. The molecule has 0 bridgehead atoms. The summed E-state index contributed by atoms with van der Waals surface area (Å²) in [6.45, 7) is 0.906.